The second-order valence-electron chi connectivity index (χ2n) is 2.70. The van der Waals surface area contributed by atoms with E-state index in [0.717, 1.165) is 23.8 Å². The van der Waals surface area contributed by atoms with Gasteiger partial charge in [0.2, 0.25) is 0 Å². The van der Waals surface area contributed by atoms with Crippen molar-refractivity contribution in [2.24, 2.45) is 0 Å². The average Bonchev–Trinajstić information content (AvgIpc) is 2.52. The average molecular weight is 218 g/mol. The highest BCUT2D eigenvalue weighted by Gasteiger charge is 1.99. The van der Waals surface area contributed by atoms with Crippen LogP contribution in [-0.2, 0) is 17.2 Å². The third-order valence-electron chi connectivity index (χ3n) is 1.58. The molecule has 0 bridgehead atoms. The van der Waals surface area contributed by atoms with Gasteiger partial charge in [0.15, 0.2) is 5.13 Å². The lowest BCUT2D eigenvalue weighted by Gasteiger charge is -1.98. The third kappa shape index (κ3) is 3.87. The maximum atomic E-state index is 10.7. The molecule has 0 aliphatic carbocycles. The van der Waals surface area contributed by atoms with Crippen molar-refractivity contribution in [1.82, 2.24) is 4.98 Å². The molecule has 1 aromatic rings. The van der Waals surface area contributed by atoms with Crippen LogP contribution in [0.2, 0.25) is 0 Å². The molecule has 0 aliphatic heterocycles. The Balaban J connectivity index is 2.32. The van der Waals surface area contributed by atoms with E-state index in [1.807, 2.05) is 5.38 Å². The molecule has 74 valence electrons. The highest BCUT2D eigenvalue weighted by atomic mass is 32.2. The van der Waals surface area contributed by atoms with Gasteiger partial charge in [-0.3, -0.25) is 4.21 Å². The number of nitrogens with zero attached hydrogens (tertiary/aromatic N) is 1. The molecule has 0 amide bonds. The van der Waals surface area contributed by atoms with E-state index in [4.69, 9.17) is 0 Å². The highest BCUT2D eigenvalue weighted by Crippen LogP contribution is 2.14. The Morgan fingerprint density at radius 1 is 1.69 bits per heavy atom. The number of hydrogen-bond donors (Lipinski definition) is 1. The van der Waals surface area contributed by atoms with E-state index in [1.165, 1.54) is 0 Å². The molecule has 1 heterocycles. The quantitative estimate of drug-likeness (QED) is 0.814. The molecule has 13 heavy (non-hydrogen) atoms. The topological polar surface area (TPSA) is 42.0 Å². The van der Waals surface area contributed by atoms with E-state index < -0.39 is 10.8 Å². The number of aromatic nitrogens is 1. The zero-order valence-corrected chi connectivity index (χ0v) is 9.50. The summed E-state index contributed by atoms with van der Waals surface area (Å²) in [5, 5.41) is 6.12. The molecule has 1 aromatic heterocycles. The van der Waals surface area contributed by atoms with Crippen molar-refractivity contribution in [3.05, 3.63) is 11.1 Å². The third-order valence-corrected chi connectivity index (χ3v) is 3.21. The van der Waals surface area contributed by atoms with Crippen LogP contribution in [0.3, 0.4) is 0 Å². The summed E-state index contributed by atoms with van der Waals surface area (Å²) in [6, 6.07) is 0. The van der Waals surface area contributed by atoms with Gasteiger partial charge in [0, 0.05) is 34.7 Å². The van der Waals surface area contributed by atoms with Gasteiger partial charge in [-0.15, -0.1) is 11.3 Å². The molecule has 1 rings (SSSR count). The van der Waals surface area contributed by atoms with Gasteiger partial charge in [-0.2, -0.15) is 0 Å². The molecule has 1 unspecified atom stereocenters. The molecule has 1 N–H and O–H groups in total. The van der Waals surface area contributed by atoms with Gasteiger partial charge in [0.1, 0.15) is 0 Å². The fourth-order valence-electron chi connectivity index (χ4n) is 0.852. The summed E-state index contributed by atoms with van der Waals surface area (Å²) >= 11 is 1.60. The SMILES string of the molecule is CCc1csc(NCCS(C)=O)n1. The number of rotatable bonds is 5. The minimum Gasteiger partial charge on any atom is -0.361 e. The fourth-order valence-corrected chi connectivity index (χ4v) is 2.06. The minimum absolute atomic E-state index is 0.682. The summed E-state index contributed by atoms with van der Waals surface area (Å²) in [7, 11) is -0.720. The van der Waals surface area contributed by atoms with Crippen LogP contribution in [0.5, 0.6) is 0 Å². The summed E-state index contributed by atoms with van der Waals surface area (Å²) in [5.74, 6) is 0.682. The Hall–Kier alpha value is -0.420. The molecule has 0 spiro atoms. The van der Waals surface area contributed by atoms with Crippen LogP contribution >= 0.6 is 11.3 Å². The van der Waals surface area contributed by atoms with Gasteiger partial charge in [0.25, 0.3) is 0 Å². The molecule has 0 saturated carbocycles. The minimum atomic E-state index is -0.720. The van der Waals surface area contributed by atoms with Crippen LogP contribution in [-0.4, -0.2) is 27.7 Å². The molecule has 5 heteroatoms. The first kappa shape index (κ1) is 10.7. The first-order chi connectivity index (χ1) is 6.22. The van der Waals surface area contributed by atoms with E-state index in [0.29, 0.717) is 5.75 Å². The maximum Gasteiger partial charge on any atom is 0.182 e. The number of hydrogen-bond acceptors (Lipinski definition) is 4. The zero-order valence-electron chi connectivity index (χ0n) is 7.87. The Kier molecular flexibility index (Phi) is 4.38. The summed E-state index contributed by atoms with van der Waals surface area (Å²) in [4.78, 5) is 4.33. The molecular weight excluding hydrogens is 204 g/mol. The lowest BCUT2D eigenvalue weighted by atomic mass is 10.4. The van der Waals surface area contributed by atoms with Gasteiger partial charge in [-0.25, -0.2) is 4.98 Å². The van der Waals surface area contributed by atoms with Crippen molar-refractivity contribution in [2.45, 2.75) is 13.3 Å². The van der Waals surface area contributed by atoms with Crippen molar-refractivity contribution in [1.29, 1.82) is 0 Å². The molecule has 0 aliphatic rings. The summed E-state index contributed by atoms with van der Waals surface area (Å²) < 4.78 is 10.7. The predicted molar refractivity (Wildman–Crippen MR) is 58.9 cm³/mol. The largest absolute Gasteiger partial charge is 0.361 e. The lowest BCUT2D eigenvalue weighted by molar-refractivity contribution is 0.687. The summed E-state index contributed by atoms with van der Waals surface area (Å²) in [6.45, 7) is 2.82. The molecule has 0 aromatic carbocycles. The summed E-state index contributed by atoms with van der Waals surface area (Å²) in [5.41, 5.74) is 1.12. The molecule has 0 saturated heterocycles. The van der Waals surface area contributed by atoms with Crippen molar-refractivity contribution < 1.29 is 4.21 Å². The highest BCUT2D eigenvalue weighted by molar-refractivity contribution is 7.84. The van der Waals surface area contributed by atoms with Crippen LogP contribution < -0.4 is 5.32 Å². The Labute approximate surface area is 85.0 Å². The standard InChI is InChI=1S/C8H14N2OS2/c1-3-7-6-12-8(10-7)9-4-5-13(2)11/h6H,3-5H2,1-2H3,(H,9,10). The van der Waals surface area contributed by atoms with Gasteiger partial charge in [-0.05, 0) is 6.42 Å². The molecule has 0 radical (unpaired) electrons. The summed E-state index contributed by atoms with van der Waals surface area (Å²) in [6.07, 6.45) is 2.68. The Morgan fingerprint density at radius 3 is 3.00 bits per heavy atom. The lowest BCUT2D eigenvalue weighted by Crippen LogP contribution is -2.09. The number of thiazole rings is 1. The van der Waals surface area contributed by atoms with Gasteiger partial charge >= 0.3 is 0 Å². The van der Waals surface area contributed by atoms with Crippen molar-refractivity contribution in [3.63, 3.8) is 0 Å². The molecule has 1 atom stereocenters. The van der Waals surface area contributed by atoms with Gasteiger partial charge in [0.05, 0.1) is 5.69 Å². The first-order valence-corrected chi connectivity index (χ1v) is 6.81. The van der Waals surface area contributed by atoms with E-state index in [9.17, 15) is 4.21 Å². The predicted octanol–water partition coefficient (Wildman–Crippen LogP) is 1.50. The van der Waals surface area contributed by atoms with Crippen molar-refractivity contribution >= 4 is 27.3 Å². The first-order valence-electron chi connectivity index (χ1n) is 4.20. The van der Waals surface area contributed by atoms with E-state index >= 15 is 0 Å². The van der Waals surface area contributed by atoms with Crippen LogP contribution in [0.1, 0.15) is 12.6 Å². The second-order valence-corrected chi connectivity index (χ2v) is 5.11. The normalized spacial score (nSPS) is 12.8. The van der Waals surface area contributed by atoms with Gasteiger partial charge in [-0.1, -0.05) is 6.92 Å². The van der Waals surface area contributed by atoms with Crippen molar-refractivity contribution in [2.75, 3.05) is 23.9 Å². The monoisotopic (exact) mass is 218 g/mol. The number of anilines is 1. The van der Waals surface area contributed by atoms with Crippen LogP contribution in [0.25, 0.3) is 0 Å². The van der Waals surface area contributed by atoms with Crippen LogP contribution in [0.4, 0.5) is 5.13 Å². The number of nitrogens with one attached hydrogen (secondary N) is 1. The zero-order chi connectivity index (χ0) is 9.68. The fraction of sp³-hybridized carbons (Fsp3) is 0.625. The van der Waals surface area contributed by atoms with E-state index in [-0.39, 0.29) is 0 Å². The van der Waals surface area contributed by atoms with E-state index in [2.05, 4.69) is 17.2 Å². The molecule has 0 fully saturated rings. The van der Waals surface area contributed by atoms with Crippen LogP contribution in [0.15, 0.2) is 5.38 Å². The van der Waals surface area contributed by atoms with Gasteiger partial charge < -0.3 is 5.32 Å². The molecular formula is C8H14N2OS2. The van der Waals surface area contributed by atoms with Crippen LogP contribution in [0, 0.1) is 0 Å². The number of aryl methyl sites for hydroxylation is 1. The van der Waals surface area contributed by atoms with E-state index in [1.54, 1.807) is 17.6 Å². The maximum absolute atomic E-state index is 10.7. The molecule has 3 nitrogen and oxygen atoms in total. The Morgan fingerprint density at radius 2 is 2.46 bits per heavy atom. The smallest absolute Gasteiger partial charge is 0.182 e. The Bertz CT molecular complexity index is 285. The van der Waals surface area contributed by atoms with Crippen molar-refractivity contribution in [3.8, 4) is 0 Å². The second kappa shape index (κ2) is 5.34.